The molecule has 214 valence electrons. The molecular formula is C29H35N9OS2. The van der Waals surface area contributed by atoms with Gasteiger partial charge in [0.25, 0.3) is 0 Å². The molecule has 3 aromatic heterocycles. The number of fused-ring (bicyclic) bond motifs is 2. The number of carbonyl (C=O) groups is 1. The summed E-state index contributed by atoms with van der Waals surface area (Å²) in [6.45, 7) is 7.25. The van der Waals surface area contributed by atoms with Gasteiger partial charge in [0.15, 0.2) is 10.8 Å². The van der Waals surface area contributed by atoms with E-state index in [0.717, 1.165) is 63.6 Å². The van der Waals surface area contributed by atoms with Gasteiger partial charge in [-0.25, -0.2) is 4.98 Å². The molecule has 2 saturated heterocycles. The minimum Gasteiger partial charge on any atom is -0.301 e. The van der Waals surface area contributed by atoms with Crippen molar-refractivity contribution in [3.8, 4) is 0 Å². The fourth-order valence-electron chi connectivity index (χ4n) is 6.28. The number of piperidine rings is 1. The summed E-state index contributed by atoms with van der Waals surface area (Å²) >= 11 is 3.06. The number of likely N-dealkylation sites (tertiary alicyclic amines) is 1. The maximum Gasteiger partial charge on any atom is 0.240 e. The summed E-state index contributed by atoms with van der Waals surface area (Å²) in [6.07, 6.45) is 7.52. The Labute approximate surface area is 247 Å². The number of hydrogen-bond acceptors (Lipinski definition) is 10. The van der Waals surface area contributed by atoms with Crippen molar-refractivity contribution in [2.45, 2.75) is 66.6 Å². The molecule has 4 fully saturated rings. The van der Waals surface area contributed by atoms with E-state index in [-0.39, 0.29) is 5.91 Å². The fourth-order valence-corrected chi connectivity index (χ4v) is 8.11. The van der Waals surface area contributed by atoms with Crippen LogP contribution in [0.3, 0.4) is 0 Å². The quantitative estimate of drug-likeness (QED) is 0.328. The van der Waals surface area contributed by atoms with Crippen molar-refractivity contribution in [2.24, 2.45) is 0 Å². The van der Waals surface area contributed by atoms with E-state index in [0.29, 0.717) is 23.6 Å². The van der Waals surface area contributed by atoms with Crippen LogP contribution in [0.25, 0.3) is 15.9 Å². The summed E-state index contributed by atoms with van der Waals surface area (Å²) in [7, 11) is 0. The Balaban J connectivity index is 0.853. The highest BCUT2D eigenvalue weighted by atomic mass is 32.2. The molecule has 5 heterocycles. The van der Waals surface area contributed by atoms with Crippen molar-refractivity contribution in [3.63, 3.8) is 0 Å². The highest BCUT2D eigenvalue weighted by molar-refractivity contribution is 7.99. The second-order valence-electron chi connectivity index (χ2n) is 11.9. The number of carbonyl (C=O) groups excluding carboxylic acids is 1. The van der Waals surface area contributed by atoms with Crippen molar-refractivity contribution in [1.29, 1.82) is 0 Å². The number of piperazine rings is 1. The molecule has 1 N–H and O–H groups in total. The number of rotatable bonds is 8. The molecule has 2 aliphatic heterocycles. The summed E-state index contributed by atoms with van der Waals surface area (Å²) in [5.41, 5.74) is 2.76. The molecule has 10 nitrogen and oxygen atoms in total. The number of amides is 1. The van der Waals surface area contributed by atoms with Crippen molar-refractivity contribution in [1.82, 2.24) is 39.5 Å². The van der Waals surface area contributed by atoms with Gasteiger partial charge < -0.3 is 5.32 Å². The third kappa shape index (κ3) is 5.72. The Bertz CT molecular complexity index is 1560. The highest BCUT2D eigenvalue weighted by Crippen LogP contribution is 2.39. The average Bonchev–Trinajstić information content (AvgIpc) is 3.93. The minimum atomic E-state index is 0.0163. The van der Waals surface area contributed by atoms with Crippen LogP contribution in [-0.2, 0) is 4.79 Å². The normalized spacial score (nSPS) is 21.7. The average molecular weight is 590 g/mol. The Kier molecular flexibility index (Phi) is 6.91. The van der Waals surface area contributed by atoms with Crippen LogP contribution in [0.2, 0.25) is 0 Å². The first-order valence-corrected chi connectivity index (χ1v) is 16.6. The molecule has 8 rings (SSSR count). The summed E-state index contributed by atoms with van der Waals surface area (Å²) in [5, 5.41) is 17.9. The maximum absolute atomic E-state index is 12.9. The molecule has 1 aromatic carbocycles. The third-order valence-electron chi connectivity index (χ3n) is 8.92. The predicted molar refractivity (Wildman–Crippen MR) is 161 cm³/mol. The molecular weight excluding hydrogens is 555 g/mol. The molecule has 0 radical (unpaired) electrons. The number of aromatic nitrogens is 5. The van der Waals surface area contributed by atoms with E-state index in [4.69, 9.17) is 5.10 Å². The zero-order valence-electron chi connectivity index (χ0n) is 23.1. The number of thiazole rings is 1. The van der Waals surface area contributed by atoms with Gasteiger partial charge >= 0.3 is 0 Å². The van der Waals surface area contributed by atoms with Gasteiger partial charge in [0.1, 0.15) is 0 Å². The van der Waals surface area contributed by atoms with Crippen LogP contribution in [-0.4, -0.2) is 103 Å². The topological polar surface area (TPSA) is 94.8 Å². The smallest absolute Gasteiger partial charge is 0.240 e. The SMILES string of the molecule is O=C(CN1CCC(N2CCN(C3CC3)CC2)CC1)Nc1nc2ccc(Sc3nnc4ccc(C5CC5)nn34)cc2s1. The summed E-state index contributed by atoms with van der Waals surface area (Å²) in [6, 6.07) is 11.8. The summed E-state index contributed by atoms with van der Waals surface area (Å²) in [5.74, 6) is 0.592. The Hall–Kier alpha value is -2.64. The zero-order valence-corrected chi connectivity index (χ0v) is 24.7. The largest absolute Gasteiger partial charge is 0.301 e. The Morgan fingerprint density at radius 1 is 0.902 bits per heavy atom. The number of anilines is 1. The van der Waals surface area contributed by atoms with Crippen molar-refractivity contribution in [2.75, 3.05) is 51.1 Å². The van der Waals surface area contributed by atoms with Crippen LogP contribution in [0.15, 0.2) is 40.4 Å². The van der Waals surface area contributed by atoms with Gasteiger partial charge in [-0.2, -0.15) is 9.61 Å². The summed E-state index contributed by atoms with van der Waals surface area (Å²) in [4.78, 5) is 26.3. The van der Waals surface area contributed by atoms with Crippen molar-refractivity contribution >= 4 is 50.0 Å². The zero-order chi connectivity index (χ0) is 27.3. The number of hydrogen-bond donors (Lipinski definition) is 1. The van der Waals surface area contributed by atoms with Gasteiger partial charge in [-0.15, -0.1) is 10.2 Å². The monoisotopic (exact) mass is 589 g/mol. The first-order chi connectivity index (χ1) is 20.1. The van der Waals surface area contributed by atoms with E-state index in [9.17, 15) is 4.79 Å². The molecule has 2 aliphatic carbocycles. The number of nitrogens with one attached hydrogen (secondary N) is 1. The Morgan fingerprint density at radius 3 is 2.39 bits per heavy atom. The lowest BCUT2D eigenvalue weighted by molar-refractivity contribution is -0.117. The fraction of sp³-hybridized carbons (Fsp3) is 0.552. The van der Waals surface area contributed by atoms with Gasteiger partial charge in [0.05, 0.1) is 22.5 Å². The summed E-state index contributed by atoms with van der Waals surface area (Å²) < 4.78 is 2.88. The van der Waals surface area contributed by atoms with Crippen LogP contribution in [0, 0.1) is 0 Å². The predicted octanol–water partition coefficient (Wildman–Crippen LogP) is 3.95. The van der Waals surface area contributed by atoms with E-state index in [2.05, 4.69) is 47.3 Å². The van der Waals surface area contributed by atoms with E-state index < -0.39 is 0 Å². The van der Waals surface area contributed by atoms with Gasteiger partial charge in [0.2, 0.25) is 11.1 Å². The van der Waals surface area contributed by atoms with Crippen molar-refractivity contribution < 1.29 is 4.79 Å². The molecule has 2 saturated carbocycles. The molecule has 4 aliphatic rings. The first-order valence-electron chi connectivity index (χ1n) is 15.0. The first kappa shape index (κ1) is 26.0. The van der Waals surface area contributed by atoms with Crippen LogP contribution in [0.1, 0.15) is 50.1 Å². The van der Waals surface area contributed by atoms with Crippen LogP contribution < -0.4 is 5.32 Å². The molecule has 1 amide bonds. The molecule has 0 bridgehead atoms. The maximum atomic E-state index is 12.9. The highest BCUT2D eigenvalue weighted by Gasteiger charge is 2.34. The molecule has 0 spiro atoms. The van der Waals surface area contributed by atoms with Crippen LogP contribution in [0.4, 0.5) is 5.13 Å². The molecule has 0 unspecified atom stereocenters. The molecule has 12 heteroatoms. The molecule has 0 atom stereocenters. The Morgan fingerprint density at radius 2 is 1.66 bits per heavy atom. The van der Waals surface area contributed by atoms with E-state index in [1.807, 2.05) is 22.7 Å². The van der Waals surface area contributed by atoms with Gasteiger partial charge in [-0.3, -0.25) is 19.5 Å². The van der Waals surface area contributed by atoms with E-state index in [1.54, 1.807) is 11.8 Å². The molecule has 41 heavy (non-hydrogen) atoms. The second kappa shape index (κ2) is 10.9. The van der Waals surface area contributed by atoms with Gasteiger partial charge in [-0.1, -0.05) is 11.3 Å². The lowest BCUT2D eigenvalue weighted by Gasteiger charge is -2.42. The lowest BCUT2D eigenvalue weighted by Crippen LogP contribution is -2.54. The third-order valence-corrected chi connectivity index (χ3v) is 10.8. The minimum absolute atomic E-state index is 0.0163. The van der Waals surface area contributed by atoms with Gasteiger partial charge in [0, 0.05) is 62.2 Å². The van der Waals surface area contributed by atoms with Crippen molar-refractivity contribution in [3.05, 3.63) is 36.0 Å². The van der Waals surface area contributed by atoms with E-state index in [1.165, 1.54) is 63.2 Å². The van der Waals surface area contributed by atoms with Gasteiger partial charge in [-0.05, 0) is 80.6 Å². The van der Waals surface area contributed by atoms with Crippen LogP contribution >= 0.6 is 23.1 Å². The molecule has 4 aromatic rings. The lowest BCUT2D eigenvalue weighted by atomic mass is 10.0. The number of benzene rings is 1. The standard InChI is InChI=1S/C29H35N9OS2/c39-27(18-35-11-9-21(10-12-35)37-15-13-36(14-16-37)20-3-4-20)31-28-30-24-6-5-22(17-25(24)41-28)40-29-33-32-26-8-7-23(19-1-2-19)34-38(26)29/h5-8,17,19-21H,1-4,9-16,18H2,(H,30,31,39). The number of nitrogens with zero attached hydrogens (tertiary/aromatic N) is 8. The van der Waals surface area contributed by atoms with Crippen LogP contribution in [0.5, 0.6) is 0 Å². The van der Waals surface area contributed by atoms with E-state index >= 15 is 0 Å². The second-order valence-corrected chi connectivity index (χ2v) is 14.0.